The maximum Gasteiger partial charge on any atom is 0.307 e. The highest BCUT2D eigenvalue weighted by molar-refractivity contribution is 5.70. The molecule has 2 N–H and O–H groups in total. The molecule has 0 spiro atoms. The lowest BCUT2D eigenvalue weighted by Gasteiger charge is -2.22. The highest BCUT2D eigenvalue weighted by Gasteiger charge is 2.19. The Hall–Kier alpha value is -1.35. The Morgan fingerprint density at radius 1 is 1.00 bits per heavy atom. The van der Waals surface area contributed by atoms with E-state index in [0.29, 0.717) is 0 Å². The van der Waals surface area contributed by atoms with Crippen molar-refractivity contribution in [1.82, 2.24) is 0 Å². The molecule has 0 aliphatic carbocycles. The molecule has 1 rings (SSSR count). The number of methoxy groups -OCH3 is 1. The Bertz CT molecular complexity index is 449. The van der Waals surface area contributed by atoms with Crippen LogP contribution in [0.5, 0.6) is 0 Å². The summed E-state index contributed by atoms with van der Waals surface area (Å²) < 4.78 is 4.69. The number of nitrogens with two attached hydrogens (primary N) is 1. The number of carbonyl (C=O) groups is 1. The molecule has 0 aromatic heterocycles. The Labute approximate surface area is 109 Å². The highest BCUT2D eigenvalue weighted by atomic mass is 16.5. The van der Waals surface area contributed by atoms with Gasteiger partial charge in [-0.2, -0.15) is 0 Å². The molecule has 0 unspecified atom stereocenters. The first-order chi connectivity index (χ1) is 8.31. The Balaban J connectivity index is 3.28. The second-order valence-corrected chi connectivity index (χ2v) is 4.93. The van der Waals surface area contributed by atoms with Gasteiger partial charge in [-0.05, 0) is 68.0 Å². The number of benzene rings is 1. The van der Waals surface area contributed by atoms with Crippen LogP contribution in [0.2, 0.25) is 0 Å². The second kappa shape index (κ2) is 5.53. The molecule has 18 heavy (non-hydrogen) atoms. The van der Waals surface area contributed by atoms with E-state index in [-0.39, 0.29) is 18.4 Å². The van der Waals surface area contributed by atoms with Gasteiger partial charge in [-0.3, -0.25) is 4.79 Å². The monoisotopic (exact) mass is 249 g/mol. The van der Waals surface area contributed by atoms with Crippen LogP contribution in [-0.4, -0.2) is 13.1 Å². The third-order valence-corrected chi connectivity index (χ3v) is 4.04. The third kappa shape index (κ3) is 2.56. The number of ether oxygens (including phenoxy) is 1. The van der Waals surface area contributed by atoms with Crippen LogP contribution in [-0.2, 0) is 9.53 Å². The second-order valence-electron chi connectivity index (χ2n) is 4.93. The molecular weight excluding hydrogens is 226 g/mol. The van der Waals surface area contributed by atoms with Crippen LogP contribution in [0.25, 0.3) is 0 Å². The van der Waals surface area contributed by atoms with Gasteiger partial charge >= 0.3 is 5.97 Å². The van der Waals surface area contributed by atoms with Gasteiger partial charge < -0.3 is 10.5 Å². The molecule has 100 valence electrons. The molecule has 0 aliphatic rings. The van der Waals surface area contributed by atoms with Crippen molar-refractivity contribution in [2.45, 2.75) is 47.1 Å². The summed E-state index contributed by atoms with van der Waals surface area (Å²) in [5.74, 6) is -0.266. The van der Waals surface area contributed by atoms with Gasteiger partial charge in [0.2, 0.25) is 0 Å². The average molecular weight is 249 g/mol. The fourth-order valence-electron chi connectivity index (χ4n) is 2.45. The van der Waals surface area contributed by atoms with Crippen molar-refractivity contribution in [2.75, 3.05) is 7.11 Å². The van der Waals surface area contributed by atoms with Gasteiger partial charge in [0.05, 0.1) is 13.5 Å². The van der Waals surface area contributed by atoms with Gasteiger partial charge in [-0.15, -0.1) is 0 Å². The van der Waals surface area contributed by atoms with E-state index in [9.17, 15) is 4.79 Å². The van der Waals surface area contributed by atoms with Gasteiger partial charge in [-0.25, -0.2) is 0 Å². The number of carbonyl (C=O) groups excluding carboxylic acids is 1. The zero-order valence-corrected chi connectivity index (χ0v) is 12.2. The number of hydrogen-bond donors (Lipinski definition) is 1. The maximum atomic E-state index is 11.4. The summed E-state index contributed by atoms with van der Waals surface area (Å²) >= 11 is 0. The molecule has 0 amide bonds. The largest absolute Gasteiger partial charge is 0.469 e. The molecule has 0 saturated heterocycles. The maximum absolute atomic E-state index is 11.4. The van der Waals surface area contributed by atoms with Gasteiger partial charge in [0.25, 0.3) is 0 Å². The zero-order chi connectivity index (χ0) is 14.0. The Morgan fingerprint density at radius 3 is 1.78 bits per heavy atom. The molecule has 0 aliphatic heterocycles. The summed E-state index contributed by atoms with van der Waals surface area (Å²) in [7, 11) is 1.39. The number of rotatable bonds is 3. The lowest BCUT2D eigenvalue weighted by molar-refractivity contribution is -0.141. The predicted octanol–water partition coefficient (Wildman–Crippen LogP) is 2.79. The normalized spacial score (nSPS) is 12.4. The number of esters is 1. The van der Waals surface area contributed by atoms with Crippen molar-refractivity contribution >= 4 is 5.97 Å². The fraction of sp³-hybridized carbons (Fsp3) is 0.533. The summed E-state index contributed by atoms with van der Waals surface area (Å²) in [4.78, 5) is 11.4. The minimum Gasteiger partial charge on any atom is -0.469 e. The van der Waals surface area contributed by atoms with Crippen molar-refractivity contribution in [1.29, 1.82) is 0 Å². The van der Waals surface area contributed by atoms with E-state index in [1.54, 1.807) is 0 Å². The van der Waals surface area contributed by atoms with Crippen LogP contribution < -0.4 is 5.73 Å². The standard InChI is InChI=1S/C15H23NO2/c1-8-9(2)11(4)15(12(5)10(8)3)13(16)7-14(17)18-6/h13H,7,16H2,1-6H3/t13-/m0/s1. The average Bonchev–Trinajstić information content (AvgIpc) is 2.34. The minimum absolute atomic E-state index is 0.222. The van der Waals surface area contributed by atoms with Gasteiger partial charge in [-0.1, -0.05) is 0 Å². The first kappa shape index (κ1) is 14.7. The first-order valence-electron chi connectivity index (χ1n) is 6.20. The molecule has 3 nitrogen and oxygen atoms in total. The minimum atomic E-state index is -0.296. The zero-order valence-electron chi connectivity index (χ0n) is 12.2. The van der Waals surface area contributed by atoms with Crippen LogP contribution in [0.3, 0.4) is 0 Å². The van der Waals surface area contributed by atoms with E-state index in [4.69, 9.17) is 5.73 Å². The summed E-state index contributed by atoms with van der Waals surface area (Å²) in [6.45, 7) is 10.5. The predicted molar refractivity (Wildman–Crippen MR) is 73.7 cm³/mol. The quantitative estimate of drug-likeness (QED) is 0.838. The highest BCUT2D eigenvalue weighted by Crippen LogP contribution is 2.30. The lowest BCUT2D eigenvalue weighted by Crippen LogP contribution is -2.20. The van der Waals surface area contributed by atoms with Gasteiger partial charge in [0.15, 0.2) is 0 Å². The topological polar surface area (TPSA) is 52.3 Å². The van der Waals surface area contributed by atoms with Crippen LogP contribution in [0.4, 0.5) is 0 Å². The van der Waals surface area contributed by atoms with Crippen molar-refractivity contribution in [3.8, 4) is 0 Å². The van der Waals surface area contributed by atoms with E-state index < -0.39 is 0 Å². The van der Waals surface area contributed by atoms with Crippen LogP contribution in [0, 0.1) is 34.6 Å². The van der Waals surface area contributed by atoms with E-state index in [1.165, 1.54) is 34.9 Å². The van der Waals surface area contributed by atoms with Crippen LogP contribution >= 0.6 is 0 Å². The van der Waals surface area contributed by atoms with Crippen molar-refractivity contribution in [3.05, 3.63) is 33.4 Å². The Kier molecular flexibility index (Phi) is 4.52. The molecule has 0 bridgehead atoms. The van der Waals surface area contributed by atoms with Gasteiger partial charge in [0.1, 0.15) is 0 Å². The molecule has 1 aromatic rings. The van der Waals surface area contributed by atoms with Crippen molar-refractivity contribution in [3.63, 3.8) is 0 Å². The fourth-order valence-corrected chi connectivity index (χ4v) is 2.45. The molecule has 0 saturated carbocycles. The summed E-state index contributed by atoms with van der Waals surface area (Å²) in [6, 6.07) is -0.296. The molecule has 1 atom stereocenters. The molecule has 3 heteroatoms. The molecule has 0 fully saturated rings. The third-order valence-electron chi connectivity index (χ3n) is 4.04. The lowest BCUT2D eigenvalue weighted by atomic mass is 9.85. The smallest absolute Gasteiger partial charge is 0.307 e. The van der Waals surface area contributed by atoms with Crippen LogP contribution in [0.15, 0.2) is 0 Å². The Morgan fingerprint density at radius 2 is 1.39 bits per heavy atom. The summed E-state index contributed by atoms with van der Waals surface area (Å²) in [5.41, 5.74) is 13.4. The van der Waals surface area contributed by atoms with E-state index in [0.717, 1.165) is 5.56 Å². The number of hydrogen-bond acceptors (Lipinski definition) is 3. The first-order valence-corrected chi connectivity index (χ1v) is 6.20. The van der Waals surface area contributed by atoms with Gasteiger partial charge in [0, 0.05) is 6.04 Å². The summed E-state index contributed by atoms with van der Waals surface area (Å²) in [6.07, 6.45) is 0.222. The van der Waals surface area contributed by atoms with Crippen molar-refractivity contribution in [2.24, 2.45) is 5.73 Å². The molecular formula is C15H23NO2. The van der Waals surface area contributed by atoms with Crippen molar-refractivity contribution < 1.29 is 9.53 Å². The molecule has 0 heterocycles. The van der Waals surface area contributed by atoms with Crippen LogP contribution in [0.1, 0.15) is 45.8 Å². The SMILES string of the molecule is COC(=O)C[C@H](N)c1c(C)c(C)c(C)c(C)c1C. The van der Waals surface area contributed by atoms with E-state index in [2.05, 4.69) is 39.4 Å². The summed E-state index contributed by atoms with van der Waals surface area (Å²) in [5, 5.41) is 0. The molecule has 1 aromatic carbocycles. The van der Waals surface area contributed by atoms with E-state index >= 15 is 0 Å². The van der Waals surface area contributed by atoms with E-state index in [1.807, 2.05) is 0 Å². The molecule has 0 radical (unpaired) electrons.